The Kier molecular flexibility index (Phi) is 7.81. The number of rotatable bonds is 7. The maximum absolute atomic E-state index is 12.2. The minimum atomic E-state index is -0.543. The second kappa shape index (κ2) is 10.1. The highest BCUT2D eigenvalue weighted by Crippen LogP contribution is 2.29. The number of nitrogens with zero attached hydrogens (tertiary/aromatic N) is 2. The molecule has 5 N–H and O–H groups in total. The minimum absolute atomic E-state index is 0.166. The molecular weight excluding hydrogens is 413 g/mol. The van der Waals surface area contributed by atoms with Crippen molar-refractivity contribution in [3.05, 3.63) is 51.9 Å². The maximum Gasteiger partial charge on any atom is 0.337 e. The van der Waals surface area contributed by atoms with Gasteiger partial charge in [0, 0.05) is 12.7 Å². The summed E-state index contributed by atoms with van der Waals surface area (Å²) in [6, 6.07) is 4.23. The number of carbonyl (C=O) groups is 1. The van der Waals surface area contributed by atoms with Gasteiger partial charge in [-0.3, -0.25) is 16.3 Å². The van der Waals surface area contributed by atoms with Gasteiger partial charge in [0.15, 0.2) is 0 Å². The van der Waals surface area contributed by atoms with E-state index in [0.29, 0.717) is 17.2 Å². The molecule has 2 heterocycles. The molecule has 2 amide bonds. The van der Waals surface area contributed by atoms with Crippen LogP contribution < -0.4 is 21.5 Å². The number of hydrazine groups is 1. The molecule has 2 rings (SSSR count). The molecular formula is C19H23Cl2N7O. The van der Waals surface area contributed by atoms with Gasteiger partial charge in [0.2, 0.25) is 0 Å². The van der Waals surface area contributed by atoms with Crippen molar-refractivity contribution in [1.82, 2.24) is 15.4 Å². The number of hydrogen-bond acceptors (Lipinski definition) is 6. The van der Waals surface area contributed by atoms with E-state index in [1.54, 1.807) is 19.2 Å². The van der Waals surface area contributed by atoms with Crippen LogP contribution in [0.4, 0.5) is 22.0 Å². The van der Waals surface area contributed by atoms with Gasteiger partial charge in [0.1, 0.15) is 21.8 Å². The van der Waals surface area contributed by atoms with Crippen LogP contribution >= 0.6 is 23.2 Å². The summed E-state index contributed by atoms with van der Waals surface area (Å²) in [6.07, 6.45) is 3.43. The summed E-state index contributed by atoms with van der Waals surface area (Å²) in [7, 11) is 1.79. The number of amides is 2. The molecule has 10 heteroatoms. The molecule has 0 bridgehead atoms. The standard InChI is InChI=1S/C19H23Cl2N7O/c1-5-6-13(22)18-17(23-4)12(10(2)3)9-16(26-18)27-28-19(29)24-11-7-14(20)25-15(21)8-11/h5-10,22-23H,1-4H3,(H,26,27)(H2,24,25,28,29)/b6-5+,22-13?. The van der Waals surface area contributed by atoms with E-state index in [-0.39, 0.29) is 21.9 Å². The summed E-state index contributed by atoms with van der Waals surface area (Å²) in [4.78, 5) is 20.5. The van der Waals surface area contributed by atoms with E-state index in [1.807, 2.05) is 26.8 Å². The third-order valence-corrected chi connectivity index (χ3v) is 4.22. The molecule has 2 aromatic rings. The van der Waals surface area contributed by atoms with E-state index in [9.17, 15) is 4.79 Å². The Morgan fingerprint density at radius 2 is 1.83 bits per heavy atom. The van der Waals surface area contributed by atoms with Gasteiger partial charge < -0.3 is 10.6 Å². The molecule has 8 nitrogen and oxygen atoms in total. The van der Waals surface area contributed by atoms with E-state index >= 15 is 0 Å². The van der Waals surface area contributed by atoms with Crippen LogP contribution in [0.3, 0.4) is 0 Å². The Labute approximate surface area is 179 Å². The zero-order valence-electron chi connectivity index (χ0n) is 16.5. The lowest BCUT2D eigenvalue weighted by atomic mass is 9.99. The van der Waals surface area contributed by atoms with Crippen LogP contribution in [-0.4, -0.2) is 28.8 Å². The molecule has 154 valence electrons. The highest BCUT2D eigenvalue weighted by Gasteiger charge is 2.17. The van der Waals surface area contributed by atoms with Crippen LogP contribution in [0.2, 0.25) is 10.3 Å². The summed E-state index contributed by atoms with van der Waals surface area (Å²) in [6.45, 7) is 5.92. The number of urea groups is 1. The SMILES string of the molecule is C/C=C/C(=N)c1nc(NNC(=O)Nc2cc(Cl)nc(Cl)c2)cc(C(C)C)c1NC. The Hall–Kier alpha value is -2.84. The number of allylic oxidation sites excluding steroid dienone is 2. The van der Waals surface area contributed by atoms with Crippen molar-refractivity contribution in [3.8, 4) is 0 Å². The second-order valence-electron chi connectivity index (χ2n) is 6.34. The fourth-order valence-corrected chi connectivity index (χ4v) is 3.07. The molecule has 0 aliphatic carbocycles. The van der Waals surface area contributed by atoms with Crippen LogP contribution in [0.5, 0.6) is 0 Å². The highest BCUT2D eigenvalue weighted by molar-refractivity contribution is 6.33. The summed E-state index contributed by atoms with van der Waals surface area (Å²) >= 11 is 11.7. The third-order valence-electron chi connectivity index (χ3n) is 3.84. The van der Waals surface area contributed by atoms with E-state index in [1.165, 1.54) is 12.1 Å². The average Bonchev–Trinajstić information content (AvgIpc) is 2.64. The van der Waals surface area contributed by atoms with Gasteiger partial charge in [-0.25, -0.2) is 14.8 Å². The molecule has 0 radical (unpaired) electrons. The fraction of sp³-hybridized carbons (Fsp3) is 0.263. The predicted octanol–water partition coefficient (Wildman–Crippen LogP) is 5.04. The number of hydrogen-bond donors (Lipinski definition) is 5. The van der Waals surface area contributed by atoms with Crippen LogP contribution in [0.1, 0.15) is 37.9 Å². The Morgan fingerprint density at radius 1 is 1.17 bits per heavy atom. The highest BCUT2D eigenvalue weighted by atomic mass is 35.5. The van der Waals surface area contributed by atoms with Gasteiger partial charge in [0.05, 0.1) is 11.4 Å². The third kappa shape index (κ3) is 6.07. The molecule has 29 heavy (non-hydrogen) atoms. The molecule has 0 fully saturated rings. The van der Waals surface area contributed by atoms with E-state index < -0.39 is 6.03 Å². The Balaban J connectivity index is 2.23. The van der Waals surface area contributed by atoms with Crippen molar-refractivity contribution in [2.75, 3.05) is 23.1 Å². The van der Waals surface area contributed by atoms with Crippen LogP contribution in [0, 0.1) is 5.41 Å². The Bertz CT molecular complexity index is 924. The molecule has 0 aliphatic rings. The first kappa shape index (κ1) is 22.4. The normalized spacial score (nSPS) is 10.9. The predicted molar refractivity (Wildman–Crippen MR) is 120 cm³/mol. The van der Waals surface area contributed by atoms with Crippen molar-refractivity contribution in [3.63, 3.8) is 0 Å². The van der Waals surface area contributed by atoms with Crippen LogP contribution in [0.25, 0.3) is 0 Å². The van der Waals surface area contributed by atoms with Gasteiger partial charge in [-0.15, -0.1) is 0 Å². The first-order valence-electron chi connectivity index (χ1n) is 8.85. The molecule has 0 spiro atoms. The summed E-state index contributed by atoms with van der Waals surface area (Å²) in [5, 5.41) is 14.3. The number of anilines is 3. The van der Waals surface area contributed by atoms with Crippen LogP contribution in [-0.2, 0) is 0 Å². The zero-order valence-corrected chi connectivity index (χ0v) is 18.0. The van der Waals surface area contributed by atoms with Crippen molar-refractivity contribution in [2.45, 2.75) is 26.7 Å². The molecule has 2 aromatic heterocycles. The number of halogens is 2. The smallest absolute Gasteiger partial charge is 0.337 e. The zero-order chi connectivity index (χ0) is 21.6. The average molecular weight is 436 g/mol. The molecule has 0 aliphatic heterocycles. The van der Waals surface area contributed by atoms with Crippen molar-refractivity contribution in [1.29, 1.82) is 5.41 Å². The lowest BCUT2D eigenvalue weighted by Crippen LogP contribution is -2.34. The molecule has 0 aromatic carbocycles. The summed E-state index contributed by atoms with van der Waals surface area (Å²) in [5.41, 5.74) is 8.16. The van der Waals surface area contributed by atoms with Crippen LogP contribution in [0.15, 0.2) is 30.4 Å². The van der Waals surface area contributed by atoms with E-state index in [2.05, 4.69) is 31.5 Å². The minimum Gasteiger partial charge on any atom is -0.386 e. The van der Waals surface area contributed by atoms with Gasteiger partial charge in [-0.1, -0.05) is 43.1 Å². The Morgan fingerprint density at radius 3 is 2.38 bits per heavy atom. The van der Waals surface area contributed by atoms with E-state index in [4.69, 9.17) is 28.6 Å². The lowest BCUT2D eigenvalue weighted by molar-refractivity contribution is 0.254. The van der Waals surface area contributed by atoms with Gasteiger partial charge >= 0.3 is 6.03 Å². The summed E-state index contributed by atoms with van der Waals surface area (Å²) < 4.78 is 0. The number of pyridine rings is 2. The maximum atomic E-state index is 12.2. The number of nitrogens with one attached hydrogen (secondary N) is 5. The topological polar surface area (TPSA) is 115 Å². The number of aromatic nitrogens is 2. The largest absolute Gasteiger partial charge is 0.386 e. The van der Waals surface area contributed by atoms with Gasteiger partial charge in [0.25, 0.3) is 0 Å². The van der Waals surface area contributed by atoms with E-state index in [0.717, 1.165) is 11.3 Å². The fourth-order valence-electron chi connectivity index (χ4n) is 2.61. The van der Waals surface area contributed by atoms with Crippen molar-refractivity contribution < 1.29 is 4.79 Å². The monoisotopic (exact) mass is 435 g/mol. The molecule has 0 unspecified atom stereocenters. The first-order valence-corrected chi connectivity index (χ1v) is 9.61. The van der Waals surface area contributed by atoms with Crippen molar-refractivity contribution in [2.24, 2.45) is 0 Å². The second-order valence-corrected chi connectivity index (χ2v) is 7.12. The lowest BCUT2D eigenvalue weighted by Gasteiger charge is -2.19. The van der Waals surface area contributed by atoms with Gasteiger partial charge in [-0.2, -0.15) is 0 Å². The van der Waals surface area contributed by atoms with Crippen molar-refractivity contribution >= 4 is 52.1 Å². The quantitative estimate of drug-likeness (QED) is 0.237. The van der Waals surface area contributed by atoms with Gasteiger partial charge in [-0.05, 0) is 42.7 Å². The summed E-state index contributed by atoms with van der Waals surface area (Å²) in [5.74, 6) is 0.575. The molecule has 0 saturated heterocycles. The number of carbonyl (C=O) groups excluding carboxylic acids is 1. The molecule has 0 saturated carbocycles. The molecule has 0 atom stereocenters. The first-order chi connectivity index (χ1) is 13.7.